The Bertz CT molecular complexity index is 595. The van der Waals surface area contributed by atoms with Crippen molar-refractivity contribution >= 4 is 11.5 Å². The molecule has 0 spiro atoms. The predicted octanol–water partition coefficient (Wildman–Crippen LogP) is 3.53. The molecule has 0 amide bonds. The first kappa shape index (κ1) is 15.3. The van der Waals surface area contributed by atoms with Crippen LogP contribution in [0.15, 0.2) is 30.3 Å². The van der Waals surface area contributed by atoms with Gasteiger partial charge in [0, 0.05) is 13.6 Å². The summed E-state index contributed by atoms with van der Waals surface area (Å²) in [6.07, 6.45) is 0. The number of hydrogen-bond donors (Lipinski definition) is 0. The monoisotopic (exact) mass is 284 g/mol. The van der Waals surface area contributed by atoms with Crippen molar-refractivity contribution in [3.63, 3.8) is 0 Å². The van der Waals surface area contributed by atoms with Crippen molar-refractivity contribution in [2.45, 2.75) is 34.2 Å². The molecule has 0 atom stereocenters. The maximum absolute atomic E-state index is 4.56. The Hall–Kier alpha value is -2.10. The van der Waals surface area contributed by atoms with Crippen molar-refractivity contribution in [2.75, 3.05) is 23.5 Å². The Kier molecular flexibility index (Phi) is 4.78. The fourth-order valence-corrected chi connectivity index (χ4v) is 2.65. The first-order valence-electron chi connectivity index (χ1n) is 7.50. The Morgan fingerprint density at radius 3 is 2.38 bits per heavy atom. The second-order valence-corrected chi connectivity index (χ2v) is 5.05. The summed E-state index contributed by atoms with van der Waals surface area (Å²) < 4.78 is 0. The van der Waals surface area contributed by atoms with Crippen LogP contribution in [0.3, 0.4) is 0 Å². The van der Waals surface area contributed by atoms with Gasteiger partial charge >= 0.3 is 0 Å². The number of rotatable bonds is 2. The van der Waals surface area contributed by atoms with Gasteiger partial charge < -0.3 is 9.80 Å². The van der Waals surface area contributed by atoms with Gasteiger partial charge in [-0.05, 0) is 19.4 Å². The molecule has 0 fully saturated rings. The second-order valence-electron chi connectivity index (χ2n) is 5.05. The summed E-state index contributed by atoms with van der Waals surface area (Å²) in [5.41, 5.74) is 3.53. The zero-order chi connectivity index (χ0) is 15.4. The fourth-order valence-electron chi connectivity index (χ4n) is 2.65. The van der Waals surface area contributed by atoms with E-state index >= 15 is 0 Å². The van der Waals surface area contributed by atoms with E-state index in [1.54, 1.807) is 0 Å². The molecule has 1 aromatic carbocycles. The third kappa shape index (κ3) is 3.15. The van der Waals surface area contributed by atoms with Crippen LogP contribution in [0.5, 0.6) is 0 Å². The summed E-state index contributed by atoms with van der Waals surface area (Å²) in [6, 6.07) is 10.5. The van der Waals surface area contributed by atoms with Gasteiger partial charge in [-0.2, -0.15) is 0 Å². The number of nitrogens with zero attached hydrogens (tertiary/aromatic N) is 4. The quantitative estimate of drug-likeness (QED) is 0.844. The Balaban J connectivity index is 0.000000774. The van der Waals surface area contributed by atoms with Gasteiger partial charge in [0.2, 0.25) is 0 Å². The van der Waals surface area contributed by atoms with Gasteiger partial charge in [-0.25, -0.2) is 9.97 Å². The Morgan fingerprint density at radius 2 is 1.71 bits per heavy atom. The van der Waals surface area contributed by atoms with E-state index in [2.05, 4.69) is 58.0 Å². The zero-order valence-electron chi connectivity index (χ0n) is 13.6. The summed E-state index contributed by atoms with van der Waals surface area (Å²) in [4.78, 5) is 13.6. The zero-order valence-corrected chi connectivity index (χ0v) is 13.6. The fraction of sp³-hybridized carbons (Fsp3) is 0.412. The van der Waals surface area contributed by atoms with E-state index in [-0.39, 0.29) is 0 Å². The summed E-state index contributed by atoms with van der Waals surface area (Å²) in [6.45, 7) is 9.76. The lowest BCUT2D eigenvalue weighted by Crippen LogP contribution is -2.27. The normalized spacial score (nSPS) is 12.8. The van der Waals surface area contributed by atoms with Crippen molar-refractivity contribution < 1.29 is 0 Å². The van der Waals surface area contributed by atoms with Crippen LogP contribution in [0.4, 0.5) is 11.5 Å². The van der Waals surface area contributed by atoms with Crippen LogP contribution in [-0.2, 0) is 6.54 Å². The highest BCUT2D eigenvalue weighted by molar-refractivity contribution is 5.74. The van der Waals surface area contributed by atoms with Crippen LogP contribution < -0.4 is 9.80 Å². The molecule has 0 saturated heterocycles. The summed E-state index contributed by atoms with van der Waals surface area (Å²) in [5.74, 6) is 1.88. The molecule has 3 rings (SSSR count). The van der Waals surface area contributed by atoms with Crippen molar-refractivity contribution in [3.8, 4) is 0 Å². The van der Waals surface area contributed by atoms with Crippen molar-refractivity contribution in [2.24, 2.45) is 0 Å². The minimum absolute atomic E-state index is 0.838. The minimum Gasteiger partial charge on any atom is -0.345 e. The van der Waals surface area contributed by atoms with E-state index in [9.17, 15) is 0 Å². The highest BCUT2D eigenvalue weighted by Crippen LogP contribution is 2.36. The van der Waals surface area contributed by atoms with Gasteiger partial charge in [-0.3, -0.25) is 0 Å². The third-order valence-corrected chi connectivity index (χ3v) is 3.43. The number of hydrogen-bond acceptors (Lipinski definition) is 4. The molecule has 0 saturated carbocycles. The summed E-state index contributed by atoms with van der Waals surface area (Å²) in [7, 11) is 2.08. The van der Waals surface area contributed by atoms with E-state index in [4.69, 9.17) is 0 Å². The van der Waals surface area contributed by atoms with E-state index < -0.39 is 0 Å². The predicted molar refractivity (Wildman–Crippen MR) is 88.7 cm³/mol. The molecule has 21 heavy (non-hydrogen) atoms. The number of aryl methyl sites for hydroxylation is 2. The molecule has 0 aliphatic carbocycles. The molecule has 0 N–H and O–H groups in total. The second kappa shape index (κ2) is 6.57. The van der Waals surface area contributed by atoms with Crippen LogP contribution in [-0.4, -0.2) is 23.7 Å². The maximum atomic E-state index is 4.56. The number of anilines is 2. The molecule has 1 aliphatic rings. The molecule has 112 valence electrons. The smallest absolute Gasteiger partial charge is 0.157 e. The molecule has 1 aromatic heterocycles. The topological polar surface area (TPSA) is 32.3 Å². The first-order valence-corrected chi connectivity index (χ1v) is 7.50. The highest BCUT2D eigenvalue weighted by atomic mass is 15.4. The van der Waals surface area contributed by atoms with Gasteiger partial charge in [-0.15, -0.1) is 0 Å². The summed E-state index contributed by atoms with van der Waals surface area (Å²) >= 11 is 0. The third-order valence-electron chi connectivity index (χ3n) is 3.43. The Morgan fingerprint density at radius 1 is 1.05 bits per heavy atom. The van der Waals surface area contributed by atoms with Crippen LogP contribution in [0, 0.1) is 13.8 Å². The molecule has 4 heteroatoms. The standard InChI is InChI=1S/C15H18N4.C2H6/c1-11-14-15(17-12(2)16-11)18(3)10-19(14)9-13-7-5-4-6-8-13;1-2/h4-8H,9-10H2,1-3H3;1-2H3. The number of fused-ring (bicyclic) bond motifs is 1. The van der Waals surface area contributed by atoms with Gasteiger partial charge in [-0.1, -0.05) is 44.2 Å². The van der Waals surface area contributed by atoms with Crippen LogP contribution in [0.25, 0.3) is 0 Å². The molecule has 1 aliphatic heterocycles. The molecule has 0 unspecified atom stereocenters. The first-order chi connectivity index (χ1) is 10.1. The van der Waals surface area contributed by atoms with Crippen molar-refractivity contribution in [1.29, 1.82) is 0 Å². The highest BCUT2D eigenvalue weighted by Gasteiger charge is 2.27. The van der Waals surface area contributed by atoms with Crippen molar-refractivity contribution in [3.05, 3.63) is 47.4 Å². The Labute approximate surface area is 127 Å². The van der Waals surface area contributed by atoms with E-state index in [1.165, 1.54) is 5.56 Å². The van der Waals surface area contributed by atoms with Gasteiger partial charge in [0.1, 0.15) is 11.5 Å². The minimum atomic E-state index is 0.838. The lowest BCUT2D eigenvalue weighted by atomic mass is 10.2. The average Bonchev–Trinajstić information content (AvgIpc) is 2.78. The van der Waals surface area contributed by atoms with E-state index in [0.717, 1.165) is 36.2 Å². The van der Waals surface area contributed by atoms with Gasteiger partial charge in [0.05, 0.1) is 12.4 Å². The molecule has 2 aromatic rings. The van der Waals surface area contributed by atoms with Crippen molar-refractivity contribution in [1.82, 2.24) is 9.97 Å². The van der Waals surface area contributed by atoms with E-state index in [0.29, 0.717) is 0 Å². The number of aromatic nitrogens is 2. The molecule has 0 bridgehead atoms. The van der Waals surface area contributed by atoms with Gasteiger partial charge in [0.25, 0.3) is 0 Å². The maximum Gasteiger partial charge on any atom is 0.157 e. The van der Waals surface area contributed by atoms with E-state index in [1.807, 2.05) is 26.8 Å². The molecular formula is C17H24N4. The molecule has 2 heterocycles. The average molecular weight is 284 g/mol. The van der Waals surface area contributed by atoms with Crippen LogP contribution in [0.1, 0.15) is 30.9 Å². The van der Waals surface area contributed by atoms with Gasteiger partial charge in [0.15, 0.2) is 5.82 Å². The molecule has 4 nitrogen and oxygen atoms in total. The molecule has 0 radical (unpaired) electrons. The number of benzene rings is 1. The largest absolute Gasteiger partial charge is 0.345 e. The van der Waals surface area contributed by atoms with Crippen LogP contribution >= 0.6 is 0 Å². The molecular weight excluding hydrogens is 260 g/mol. The summed E-state index contributed by atoms with van der Waals surface area (Å²) in [5, 5.41) is 0. The lowest BCUT2D eigenvalue weighted by Gasteiger charge is -2.19. The SMILES string of the molecule is CC.Cc1nc(C)c2c(n1)N(C)CN2Cc1ccccc1. The lowest BCUT2D eigenvalue weighted by molar-refractivity contribution is 0.812. The van der Waals surface area contributed by atoms with Crippen LogP contribution in [0.2, 0.25) is 0 Å².